The molecule has 2 aliphatic rings. The number of rotatable bonds is 6. The monoisotopic (exact) mass is 464 g/mol. The minimum Gasteiger partial charge on any atom is -0.478 e. The molecular formula is C24H28N6O4. The standard InChI is InChI=1S/C24H28N6O4/c25-21(26)15-1-3-16(4-2-15)23(32)30-14-19(29-11-9-27-10-12-29)13-20(30)22(31)28-18-7-5-17(6-8-18)24(33)34/h1-8,19-20,27H,9-14H2,(H3,25,26)(H,28,31)(H,33,34). The van der Waals surface area contributed by atoms with Crippen LogP contribution in [0.5, 0.6) is 0 Å². The molecule has 0 aromatic heterocycles. The molecule has 2 amide bonds. The first kappa shape index (κ1) is 23.4. The summed E-state index contributed by atoms with van der Waals surface area (Å²) >= 11 is 0. The van der Waals surface area contributed by atoms with Crippen LogP contribution in [0.3, 0.4) is 0 Å². The fourth-order valence-electron chi connectivity index (χ4n) is 4.48. The maximum Gasteiger partial charge on any atom is 0.335 e. The van der Waals surface area contributed by atoms with Crippen LogP contribution in [0.25, 0.3) is 0 Å². The molecule has 4 rings (SSSR count). The largest absolute Gasteiger partial charge is 0.478 e. The number of carbonyl (C=O) groups excluding carboxylic acids is 2. The van der Waals surface area contributed by atoms with Gasteiger partial charge in [0.05, 0.1) is 5.56 Å². The van der Waals surface area contributed by atoms with Gasteiger partial charge in [-0.1, -0.05) is 12.1 Å². The molecule has 2 saturated heterocycles. The maximum atomic E-state index is 13.4. The minimum atomic E-state index is -1.04. The van der Waals surface area contributed by atoms with Crippen LogP contribution in [0.2, 0.25) is 0 Å². The Balaban J connectivity index is 1.54. The Morgan fingerprint density at radius 1 is 0.971 bits per heavy atom. The number of nitrogens with zero attached hydrogens (tertiary/aromatic N) is 2. The van der Waals surface area contributed by atoms with Gasteiger partial charge >= 0.3 is 5.97 Å². The van der Waals surface area contributed by atoms with Gasteiger partial charge < -0.3 is 26.4 Å². The lowest BCUT2D eigenvalue weighted by Crippen LogP contribution is -2.49. The number of piperazine rings is 1. The van der Waals surface area contributed by atoms with Gasteiger partial charge in [0.25, 0.3) is 5.91 Å². The highest BCUT2D eigenvalue weighted by Crippen LogP contribution is 2.26. The average Bonchev–Trinajstić information content (AvgIpc) is 3.30. The van der Waals surface area contributed by atoms with E-state index < -0.39 is 12.0 Å². The first-order chi connectivity index (χ1) is 16.3. The Kier molecular flexibility index (Phi) is 6.90. The highest BCUT2D eigenvalue weighted by molar-refractivity contribution is 6.02. The van der Waals surface area contributed by atoms with Gasteiger partial charge in [0.1, 0.15) is 11.9 Å². The molecule has 2 aromatic carbocycles. The predicted octanol–water partition coefficient (Wildman–Crippen LogP) is 0.796. The van der Waals surface area contributed by atoms with Gasteiger partial charge in [-0.05, 0) is 42.8 Å². The van der Waals surface area contributed by atoms with Crippen LogP contribution in [0.4, 0.5) is 5.69 Å². The molecule has 2 aliphatic heterocycles. The third kappa shape index (κ3) is 5.08. The molecule has 2 atom stereocenters. The van der Waals surface area contributed by atoms with Crippen molar-refractivity contribution in [2.45, 2.75) is 18.5 Å². The summed E-state index contributed by atoms with van der Waals surface area (Å²) in [5.41, 5.74) is 7.06. The predicted molar refractivity (Wildman–Crippen MR) is 127 cm³/mol. The number of carbonyl (C=O) groups is 3. The maximum absolute atomic E-state index is 13.4. The average molecular weight is 465 g/mol. The van der Waals surface area contributed by atoms with Crippen molar-refractivity contribution in [2.24, 2.45) is 5.73 Å². The van der Waals surface area contributed by atoms with Gasteiger partial charge in [0, 0.05) is 55.6 Å². The summed E-state index contributed by atoms with van der Waals surface area (Å²) in [5.74, 6) is -1.69. The number of benzene rings is 2. The summed E-state index contributed by atoms with van der Waals surface area (Å²) in [7, 11) is 0. The van der Waals surface area contributed by atoms with Gasteiger partial charge in [-0.3, -0.25) is 19.9 Å². The number of hydrogen-bond acceptors (Lipinski definition) is 6. The zero-order valence-electron chi connectivity index (χ0n) is 18.7. The van der Waals surface area contributed by atoms with Gasteiger partial charge in [-0.2, -0.15) is 0 Å². The van der Waals surface area contributed by atoms with E-state index in [1.54, 1.807) is 29.2 Å². The Morgan fingerprint density at radius 2 is 1.56 bits per heavy atom. The number of nitrogens with one attached hydrogen (secondary N) is 3. The van der Waals surface area contributed by atoms with Crippen molar-refractivity contribution in [3.63, 3.8) is 0 Å². The van der Waals surface area contributed by atoms with Gasteiger partial charge in [-0.25, -0.2) is 4.79 Å². The van der Waals surface area contributed by atoms with E-state index >= 15 is 0 Å². The number of amides is 2. The lowest BCUT2D eigenvalue weighted by Gasteiger charge is -2.32. The number of nitrogens with two attached hydrogens (primary N) is 1. The Morgan fingerprint density at radius 3 is 2.15 bits per heavy atom. The summed E-state index contributed by atoms with van der Waals surface area (Å²) in [6, 6.07) is 11.8. The zero-order chi connectivity index (χ0) is 24.2. The quantitative estimate of drug-likeness (QED) is 0.313. The fraction of sp³-hybridized carbons (Fsp3) is 0.333. The number of hydrogen-bond donors (Lipinski definition) is 5. The molecule has 0 saturated carbocycles. The summed E-state index contributed by atoms with van der Waals surface area (Å²) in [6.45, 7) is 3.87. The van der Waals surface area contributed by atoms with E-state index in [0.29, 0.717) is 29.8 Å². The number of amidine groups is 1. The van der Waals surface area contributed by atoms with Crippen LogP contribution in [0.1, 0.15) is 32.7 Å². The highest BCUT2D eigenvalue weighted by atomic mass is 16.4. The lowest BCUT2D eigenvalue weighted by molar-refractivity contribution is -0.119. The second-order valence-electron chi connectivity index (χ2n) is 8.51. The Hall–Kier alpha value is -3.76. The zero-order valence-corrected chi connectivity index (χ0v) is 18.7. The van der Waals surface area contributed by atoms with Crippen LogP contribution < -0.4 is 16.4 Å². The molecule has 178 valence electrons. The van der Waals surface area contributed by atoms with Crippen molar-refractivity contribution >= 4 is 29.3 Å². The summed E-state index contributed by atoms with van der Waals surface area (Å²) in [4.78, 5) is 41.7. The molecule has 0 spiro atoms. The number of nitrogen functional groups attached to an aromatic ring is 1. The molecule has 2 heterocycles. The topological polar surface area (TPSA) is 152 Å². The van der Waals surface area contributed by atoms with E-state index in [-0.39, 0.29) is 29.3 Å². The van der Waals surface area contributed by atoms with E-state index in [9.17, 15) is 14.4 Å². The smallest absolute Gasteiger partial charge is 0.335 e. The van der Waals surface area contributed by atoms with Crippen molar-refractivity contribution in [1.82, 2.24) is 15.1 Å². The number of carboxylic acids is 1. The lowest BCUT2D eigenvalue weighted by atomic mass is 10.1. The molecule has 0 aliphatic carbocycles. The van der Waals surface area contributed by atoms with Crippen molar-refractivity contribution in [2.75, 3.05) is 38.0 Å². The van der Waals surface area contributed by atoms with E-state index in [0.717, 1.165) is 26.2 Å². The van der Waals surface area contributed by atoms with Crippen LogP contribution in [-0.2, 0) is 4.79 Å². The van der Waals surface area contributed by atoms with Crippen molar-refractivity contribution in [3.8, 4) is 0 Å². The van der Waals surface area contributed by atoms with Crippen LogP contribution in [0, 0.1) is 5.41 Å². The number of likely N-dealkylation sites (tertiary alicyclic amines) is 1. The first-order valence-electron chi connectivity index (χ1n) is 11.2. The van der Waals surface area contributed by atoms with Crippen LogP contribution in [-0.4, -0.2) is 83.3 Å². The molecule has 10 nitrogen and oxygen atoms in total. The molecule has 10 heteroatoms. The third-order valence-electron chi connectivity index (χ3n) is 6.35. The third-order valence-corrected chi connectivity index (χ3v) is 6.35. The number of carboxylic acid groups (broad SMARTS) is 1. The SMILES string of the molecule is N=C(N)c1ccc(C(=O)N2CC(N3CCNCC3)CC2C(=O)Nc2ccc(C(=O)O)cc2)cc1. The van der Waals surface area contributed by atoms with Crippen LogP contribution >= 0.6 is 0 Å². The molecule has 2 aromatic rings. The second kappa shape index (κ2) is 10.0. The molecule has 2 unspecified atom stereocenters. The molecule has 2 fully saturated rings. The molecule has 34 heavy (non-hydrogen) atoms. The van der Waals surface area contributed by atoms with Crippen LogP contribution in [0.15, 0.2) is 48.5 Å². The Bertz CT molecular complexity index is 1080. The molecular weight excluding hydrogens is 436 g/mol. The number of anilines is 1. The van der Waals surface area contributed by atoms with E-state index in [4.69, 9.17) is 16.2 Å². The van der Waals surface area contributed by atoms with Crippen molar-refractivity contribution in [3.05, 3.63) is 65.2 Å². The van der Waals surface area contributed by atoms with Crippen molar-refractivity contribution in [1.29, 1.82) is 5.41 Å². The van der Waals surface area contributed by atoms with Gasteiger partial charge in [-0.15, -0.1) is 0 Å². The van der Waals surface area contributed by atoms with E-state index in [1.807, 2.05) is 0 Å². The van der Waals surface area contributed by atoms with E-state index in [1.165, 1.54) is 24.3 Å². The summed E-state index contributed by atoms with van der Waals surface area (Å²) < 4.78 is 0. The fourth-order valence-corrected chi connectivity index (χ4v) is 4.48. The Labute approximate surface area is 197 Å². The number of aromatic carboxylic acids is 1. The van der Waals surface area contributed by atoms with Gasteiger partial charge in [0.15, 0.2) is 0 Å². The summed E-state index contributed by atoms with van der Waals surface area (Å²) in [6.07, 6.45) is 0.510. The molecule has 6 N–H and O–H groups in total. The minimum absolute atomic E-state index is 0.0627. The normalized spacial score (nSPS) is 20.6. The van der Waals surface area contributed by atoms with Gasteiger partial charge in [0.2, 0.25) is 5.91 Å². The molecule has 0 radical (unpaired) electrons. The molecule has 0 bridgehead atoms. The second-order valence-corrected chi connectivity index (χ2v) is 8.51. The van der Waals surface area contributed by atoms with Crippen molar-refractivity contribution < 1.29 is 19.5 Å². The first-order valence-corrected chi connectivity index (χ1v) is 11.2. The van der Waals surface area contributed by atoms with E-state index in [2.05, 4.69) is 15.5 Å². The highest BCUT2D eigenvalue weighted by Gasteiger charge is 2.42. The summed E-state index contributed by atoms with van der Waals surface area (Å²) in [5, 5.41) is 22.8.